The van der Waals surface area contributed by atoms with Crippen molar-refractivity contribution in [2.45, 2.75) is 45.7 Å². The molecule has 0 bridgehead atoms. The zero-order chi connectivity index (χ0) is 19.6. The molecular formula is C19H25N7O2. The van der Waals surface area contributed by atoms with Crippen molar-refractivity contribution < 1.29 is 9.59 Å². The zero-order valence-corrected chi connectivity index (χ0v) is 16.1. The number of rotatable bonds is 4. The maximum atomic E-state index is 12.6. The predicted molar refractivity (Wildman–Crippen MR) is 99.7 cm³/mol. The van der Waals surface area contributed by atoms with E-state index in [1.54, 1.807) is 19.3 Å². The molecule has 2 aromatic rings. The molecule has 148 valence electrons. The third-order valence-electron chi connectivity index (χ3n) is 6.04. The highest BCUT2D eigenvalue weighted by molar-refractivity contribution is 5.77. The number of nitrogens with zero attached hydrogens (tertiary/aromatic N) is 7. The number of likely N-dealkylation sites (tertiary alicyclic amines) is 2. The molecule has 2 aliphatic heterocycles. The van der Waals surface area contributed by atoms with Crippen molar-refractivity contribution in [3.05, 3.63) is 35.9 Å². The van der Waals surface area contributed by atoms with E-state index in [9.17, 15) is 9.59 Å². The Morgan fingerprint density at radius 3 is 2.61 bits per heavy atom. The fourth-order valence-corrected chi connectivity index (χ4v) is 4.22. The smallest absolute Gasteiger partial charge is 0.244 e. The minimum Gasteiger partial charge on any atom is -0.341 e. The zero-order valence-electron chi connectivity index (χ0n) is 16.1. The van der Waals surface area contributed by atoms with Gasteiger partial charge in [0.15, 0.2) is 0 Å². The third-order valence-corrected chi connectivity index (χ3v) is 6.04. The number of hydrogen-bond donors (Lipinski definition) is 0. The van der Waals surface area contributed by atoms with Crippen molar-refractivity contribution in [2.75, 3.05) is 19.6 Å². The number of amides is 2. The monoisotopic (exact) mass is 383 g/mol. The summed E-state index contributed by atoms with van der Waals surface area (Å²) < 4.78 is 1.53. The molecule has 0 radical (unpaired) electrons. The van der Waals surface area contributed by atoms with E-state index < -0.39 is 0 Å². The number of pyridine rings is 1. The van der Waals surface area contributed by atoms with Gasteiger partial charge < -0.3 is 9.80 Å². The third kappa shape index (κ3) is 3.88. The average molecular weight is 383 g/mol. The van der Waals surface area contributed by atoms with Gasteiger partial charge in [-0.15, -0.1) is 5.10 Å². The van der Waals surface area contributed by atoms with Gasteiger partial charge in [0, 0.05) is 45.0 Å². The summed E-state index contributed by atoms with van der Waals surface area (Å²) in [6.07, 6.45) is 6.86. The standard InChI is InChI=1S/C19H25N7O2/c1-15-21-22-23-26(15)13-18(28)24-10-6-19(7-11-24)5-2-17(27)25(14-19)12-16-3-8-20-9-4-16/h3-4,8-9H,2,5-7,10-14H2,1H3. The number of hydrogen-bond acceptors (Lipinski definition) is 6. The molecule has 0 aliphatic carbocycles. The van der Waals surface area contributed by atoms with Gasteiger partial charge in [0.05, 0.1) is 0 Å². The van der Waals surface area contributed by atoms with Gasteiger partial charge in [-0.25, -0.2) is 4.68 Å². The molecule has 1 spiro atoms. The van der Waals surface area contributed by atoms with Crippen LogP contribution in [0.15, 0.2) is 24.5 Å². The molecule has 9 nitrogen and oxygen atoms in total. The molecule has 9 heteroatoms. The summed E-state index contributed by atoms with van der Waals surface area (Å²) in [6, 6.07) is 3.91. The van der Waals surface area contributed by atoms with Gasteiger partial charge in [0.1, 0.15) is 12.4 Å². The van der Waals surface area contributed by atoms with Crippen molar-refractivity contribution in [2.24, 2.45) is 5.41 Å². The summed E-state index contributed by atoms with van der Waals surface area (Å²) >= 11 is 0. The predicted octanol–water partition coefficient (Wildman–Crippen LogP) is 0.808. The van der Waals surface area contributed by atoms with E-state index in [-0.39, 0.29) is 23.8 Å². The van der Waals surface area contributed by atoms with Crippen LogP contribution in [-0.4, -0.2) is 66.4 Å². The highest BCUT2D eigenvalue weighted by Crippen LogP contribution is 2.40. The molecule has 28 heavy (non-hydrogen) atoms. The van der Waals surface area contributed by atoms with E-state index in [4.69, 9.17) is 0 Å². The molecule has 4 heterocycles. The van der Waals surface area contributed by atoms with Crippen molar-refractivity contribution in [1.29, 1.82) is 0 Å². The van der Waals surface area contributed by atoms with Gasteiger partial charge >= 0.3 is 0 Å². The Hall–Kier alpha value is -2.84. The van der Waals surface area contributed by atoms with E-state index in [0.717, 1.165) is 44.5 Å². The largest absolute Gasteiger partial charge is 0.341 e. The molecule has 0 atom stereocenters. The van der Waals surface area contributed by atoms with E-state index in [1.165, 1.54) is 4.68 Å². The summed E-state index contributed by atoms with van der Waals surface area (Å²) in [5.41, 5.74) is 1.22. The Balaban J connectivity index is 1.35. The number of piperidine rings is 2. The molecule has 2 aliphatic rings. The highest BCUT2D eigenvalue weighted by atomic mass is 16.2. The molecule has 0 saturated carbocycles. The summed E-state index contributed by atoms with van der Waals surface area (Å²) in [7, 11) is 0. The Morgan fingerprint density at radius 1 is 1.18 bits per heavy atom. The molecule has 4 rings (SSSR count). The quantitative estimate of drug-likeness (QED) is 0.775. The van der Waals surface area contributed by atoms with Gasteiger partial charge in [-0.2, -0.15) is 0 Å². The van der Waals surface area contributed by atoms with Crippen LogP contribution in [-0.2, 0) is 22.7 Å². The highest BCUT2D eigenvalue weighted by Gasteiger charge is 2.41. The number of aryl methyl sites for hydroxylation is 1. The van der Waals surface area contributed by atoms with Gasteiger partial charge in [0.25, 0.3) is 0 Å². The van der Waals surface area contributed by atoms with Gasteiger partial charge in [-0.1, -0.05) is 0 Å². The summed E-state index contributed by atoms with van der Waals surface area (Å²) in [4.78, 5) is 32.9. The lowest BCUT2D eigenvalue weighted by atomic mass is 9.72. The molecular weight excluding hydrogens is 358 g/mol. The van der Waals surface area contributed by atoms with Crippen LogP contribution >= 0.6 is 0 Å². The first-order valence-corrected chi connectivity index (χ1v) is 9.72. The first-order chi connectivity index (χ1) is 13.5. The van der Waals surface area contributed by atoms with E-state index in [2.05, 4.69) is 20.5 Å². The topological polar surface area (TPSA) is 97.1 Å². The van der Waals surface area contributed by atoms with Gasteiger partial charge in [0.2, 0.25) is 11.8 Å². The minimum atomic E-state index is 0.0470. The molecule has 2 amide bonds. The van der Waals surface area contributed by atoms with Crippen LogP contribution in [0.4, 0.5) is 0 Å². The summed E-state index contributed by atoms with van der Waals surface area (Å²) in [5, 5.41) is 11.3. The maximum Gasteiger partial charge on any atom is 0.244 e. The fourth-order valence-electron chi connectivity index (χ4n) is 4.22. The Kier molecular flexibility index (Phi) is 5.06. The number of tetrazole rings is 1. The van der Waals surface area contributed by atoms with Gasteiger partial charge in [-0.05, 0) is 59.7 Å². The molecule has 0 unspecified atom stereocenters. The Labute approximate surface area is 163 Å². The summed E-state index contributed by atoms with van der Waals surface area (Å²) in [5.74, 6) is 0.903. The Bertz CT molecular complexity index is 843. The molecule has 2 fully saturated rings. The molecule has 0 N–H and O–H groups in total. The summed E-state index contributed by atoms with van der Waals surface area (Å²) in [6.45, 7) is 4.80. The normalized spacial score (nSPS) is 19.2. The lowest BCUT2D eigenvalue weighted by Crippen LogP contribution is -2.52. The van der Waals surface area contributed by atoms with Crippen LogP contribution in [0.3, 0.4) is 0 Å². The molecule has 0 aromatic carbocycles. The average Bonchev–Trinajstić information content (AvgIpc) is 3.11. The SMILES string of the molecule is Cc1nnnn1CC(=O)N1CCC2(CCC(=O)N(Cc3ccncc3)C2)CC1. The molecule has 2 saturated heterocycles. The maximum absolute atomic E-state index is 12.6. The Morgan fingerprint density at radius 2 is 1.93 bits per heavy atom. The molecule has 2 aromatic heterocycles. The van der Waals surface area contributed by atoms with E-state index in [0.29, 0.717) is 18.8 Å². The first-order valence-electron chi connectivity index (χ1n) is 9.72. The van der Waals surface area contributed by atoms with Crippen LogP contribution in [0.5, 0.6) is 0 Å². The fraction of sp³-hybridized carbons (Fsp3) is 0.579. The van der Waals surface area contributed by atoms with E-state index >= 15 is 0 Å². The number of carbonyl (C=O) groups is 2. The second-order valence-corrected chi connectivity index (χ2v) is 7.87. The van der Waals surface area contributed by atoms with Crippen LogP contribution in [0, 0.1) is 12.3 Å². The lowest BCUT2D eigenvalue weighted by Gasteiger charge is -2.47. The van der Waals surface area contributed by atoms with Crippen molar-refractivity contribution in [3.8, 4) is 0 Å². The second-order valence-electron chi connectivity index (χ2n) is 7.87. The number of aromatic nitrogens is 5. The first kappa shape index (κ1) is 18.5. The van der Waals surface area contributed by atoms with Crippen molar-refractivity contribution >= 4 is 11.8 Å². The second kappa shape index (κ2) is 7.65. The van der Waals surface area contributed by atoms with Crippen LogP contribution in [0.2, 0.25) is 0 Å². The van der Waals surface area contributed by atoms with Crippen molar-refractivity contribution in [1.82, 2.24) is 35.0 Å². The minimum absolute atomic E-state index is 0.0470. The van der Waals surface area contributed by atoms with Crippen LogP contribution in [0.25, 0.3) is 0 Å². The van der Waals surface area contributed by atoms with Gasteiger partial charge in [-0.3, -0.25) is 14.6 Å². The number of carbonyl (C=O) groups excluding carboxylic acids is 2. The lowest BCUT2D eigenvalue weighted by molar-refractivity contribution is -0.143. The van der Waals surface area contributed by atoms with Crippen molar-refractivity contribution in [3.63, 3.8) is 0 Å². The van der Waals surface area contributed by atoms with Crippen LogP contribution < -0.4 is 0 Å². The van der Waals surface area contributed by atoms with E-state index in [1.807, 2.05) is 21.9 Å². The van der Waals surface area contributed by atoms with Crippen LogP contribution in [0.1, 0.15) is 37.1 Å².